The summed E-state index contributed by atoms with van der Waals surface area (Å²) in [4.78, 5) is 28.2. The van der Waals surface area contributed by atoms with Crippen LogP contribution in [-0.4, -0.2) is 42.5 Å². The molecule has 6 nitrogen and oxygen atoms in total. The molecule has 1 aliphatic rings. The fourth-order valence-electron chi connectivity index (χ4n) is 4.26. The second-order valence-electron chi connectivity index (χ2n) is 8.46. The zero-order chi connectivity index (χ0) is 24.5. The molecule has 1 N–H and O–H groups in total. The molecular formula is C26H32Cl2N2O4. The number of amides is 2. The van der Waals surface area contributed by atoms with Crippen molar-refractivity contribution in [3.05, 3.63) is 58.1 Å². The van der Waals surface area contributed by atoms with Crippen LogP contribution in [0.25, 0.3) is 0 Å². The Morgan fingerprint density at radius 1 is 1.09 bits per heavy atom. The van der Waals surface area contributed by atoms with Gasteiger partial charge in [0.15, 0.2) is 18.1 Å². The van der Waals surface area contributed by atoms with E-state index in [2.05, 4.69) is 5.32 Å². The Hall–Kier alpha value is -2.44. The van der Waals surface area contributed by atoms with Crippen molar-refractivity contribution in [2.24, 2.45) is 0 Å². The summed E-state index contributed by atoms with van der Waals surface area (Å²) in [6.45, 7) is 1.83. The summed E-state index contributed by atoms with van der Waals surface area (Å²) < 4.78 is 11.1. The zero-order valence-electron chi connectivity index (χ0n) is 19.7. The third-order valence-corrected chi connectivity index (χ3v) is 6.70. The smallest absolute Gasteiger partial charge is 0.261 e. The van der Waals surface area contributed by atoms with E-state index in [0.717, 1.165) is 25.7 Å². The average Bonchev–Trinajstić information content (AvgIpc) is 2.84. The number of nitrogens with zero attached hydrogens (tertiary/aromatic N) is 1. The lowest BCUT2D eigenvalue weighted by molar-refractivity contribution is -0.143. The molecule has 8 heteroatoms. The minimum Gasteiger partial charge on any atom is -0.493 e. The van der Waals surface area contributed by atoms with E-state index < -0.39 is 6.04 Å². The summed E-state index contributed by atoms with van der Waals surface area (Å²) in [7, 11) is 1.54. The van der Waals surface area contributed by atoms with Crippen LogP contribution in [-0.2, 0) is 16.1 Å². The van der Waals surface area contributed by atoms with Crippen molar-refractivity contribution in [2.45, 2.75) is 64.1 Å². The lowest BCUT2D eigenvalue weighted by Crippen LogP contribution is -2.52. The number of halogens is 2. The second kappa shape index (κ2) is 12.9. The molecule has 0 radical (unpaired) electrons. The van der Waals surface area contributed by atoms with Gasteiger partial charge in [0.2, 0.25) is 5.91 Å². The van der Waals surface area contributed by atoms with E-state index in [0.29, 0.717) is 33.5 Å². The highest BCUT2D eigenvalue weighted by molar-refractivity contribution is 6.35. The van der Waals surface area contributed by atoms with Gasteiger partial charge in [0.05, 0.1) is 7.11 Å². The zero-order valence-corrected chi connectivity index (χ0v) is 21.2. The number of benzene rings is 2. The monoisotopic (exact) mass is 506 g/mol. The first kappa shape index (κ1) is 26.2. The van der Waals surface area contributed by atoms with Crippen molar-refractivity contribution in [3.8, 4) is 11.5 Å². The van der Waals surface area contributed by atoms with Crippen LogP contribution in [0.5, 0.6) is 11.5 Å². The number of methoxy groups -OCH3 is 1. The van der Waals surface area contributed by atoms with Gasteiger partial charge in [-0.3, -0.25) is 9.59 Å². The molecule has 1 fully saturated rings. The number of para-hydroxylation sites is 2. The molecule has 0 bridgehead atoms. The van der Waals surface area contributed by atoms with Crippen LogP contribution in [0.4, 0.5) is 0 Å². The lowest BCUT2D eigenvalue weighted by Gasteiger charge is -2.33. The number of carbonyl (C=O) groups is 2. The van der Waals surface area contributed by atoms with Crippen molar-refractivity contribution in [3.63, 3.8) is 0 Å². The third-order valence-electron chi connectivity index (χ3n) is 6.11. The first-order chi connectivity index (χ1) is 16.4. The number of nitrogens with one attached hydrogen (secondary N) is 1. The van der Waals surface area contributed by atoms with Crippen LogP contribution in [0.15, 0.2) is 42.5 Å². The van der Waals surface area contributed by atoms with E-state index in [1.165, 1.54) is 6.42 Å². The molecule has 1 atom stereocenters. The minimum atomic E-state index is -0.651. The van der Waals surface area contributed by atoms with Gasteiger partial charge < -0.3 is 19.7 Å². The van der Waals surface area contributed by atoms with Gasteiger partial charge in [0.1, 0.15) is 6.04 Å². The predicted octanol–water partition coefficient (Wildman–Crippen LogP) is 5.64. The molecule has 2 aromatic carbocycles. The molecule has 0 unspecified atom stereocenters. The Morgan fingerprint density at radius 2 is 1.79 bits per heavy atom. The van der Waals surface area contributed by atoms with E-state index in [1.54, 1.807) is 48.4 Å². The molecule has 2 amide bonds. The van der Waals surface area contributed by atoms with Crippen LogP contribution in [0.1, 0.15) is 51.0 Å². The molecule has 1 aliphatic carbocycles. The van der Waals surface area contributed by atoms with Crippen LogP contribution < -0.4 is 14.8 Å². The van der Waals surface area contributed by atoms with E-state index in [9.17, 15) is 9.59 Å². The Bertz CT molecular complexity index is 979. The van der Waals surface area contributed by atoms with E-state index in [1.807, 2.05) is 13.0 Å². The molecule has 0 saturated heterocycles. The Labute approximate surface area is 211 Å². The van der Waals surface area contributed by atoms with Gasteiger partial charge in [-0.15, -0.1) is 0 Å². The fraction of sp³-hybridized carbons (Fsp3) is 0.462. The predicted molar refractivity (Wildman–Crippen MR) is 135 cm³/mol. The minimum absolute atomic E-state index is 0.148. The SMILES string of the molecule is CC[C@@H](C(=O)NC1CCCCC1)N(Cc1ccc(Cl)cc1Cl)C(=O)COc1ccccc1OC. The van der Waals surface area contributed by atoms with Crippen molar-refractivity contribution in [2.75, 3.05) is 13.7 Å². The average molecular weight is 507 g/mol. The molecule has 184 valence electrons. The Morgan fingerprint density at radius 3 is 2.44 bits per heavy atom. The fourth-order valence-corrected chi connectivity index (χ4v) is 4.73. The number of ether oxygens (including phenoxy) is 2. The molecule has 0 spiro atoms. The van der Waals surface area contributed by atoms with E-state index >= 15 is 0 Å². The molecule has 1 saturated carbocycles. The Balaban J connectivity index is 1.80. The highest BCUT2D eigenvalue weighted by Gasteiger charge is 2.31. The number of hydrogen-bond acceptors (Lipinski definition) is 4. The van der Waals surface area contributed by atoms with Gasteiger partial charge in [0.25, 0.3) is 5.91 Å². The summed E-state index contributed by atoms with van der Waals surface area (Å²) >= 11 is 12.5. The maximum Gasteiger partial charge on any atom is 0.261 e. The molecule has 3 rings (SSSR count). The first-order valence-electron chi connectivity index (χ1n) is 11.7. The summed E-state index contributed by atoms with van der Waals surface area (Å²) in [5.41, 5.74) is 0.709. The van der Waals surface area contributed by atoms with Crippen molar-refractivity contribution in [1.29, 1.82) is 0 Å². The highest BCUT2D eigenvalue weighted by atomic mass is 35.5. The molecular weight excluding hydrogens is 475 g/mol. The number of carbonyl (C=O) groups excluding carboxylic acids is 2. The highest BCUT2D eigenvalue weighted by Crippen LogP contribution is 2.27. The Kier molecular flexibility index (Phi) is 9.90. The summed E-state index contributed by atoms with van der Waals surface area (Å²) in [5.74, 6) is 0.528. The van der Waals surface area contributed by atoms with Crippen molar-refractivity contribution < 1.29 is 19.1 Å². The van der Waals surface area contributed by atoms with Crippen molar-refractivity contribution >= 4 is 35.0 Å². The van der Waals surface area contributed by atoms with E-state index in [-0.39, 0.29) is 31.0 Å². The maximum absolute atomic E-state index is 13.4. The maximum atomic E-state index is 13.4. The second-order valence-corrected chi connectivity index (χ2v) is 9.31. The van der Waals surface area contributed by atoms with Crippen LogP contribution in [0.3, 0.4) is 0 Å². The quantitative estimate of drug-likeness (QED) is 0.452. The summed E-state index contributed by atoms with van der Waals surface area (Å²) in [6.07, 6.45) is 5.81. The third kappa shape index (κ3) is 7.03. The van der Waals surface area contributed by atoms with Gasteiger partial charge in [-0.1, -0.05) is 67.6 Å². The van der Waals surface area contributed by atoms with Gasteiger partial charge in [-0.25, -0.2) is 0 Å². The van der Waals surface area contributed by atoms with Gasteiger partial charge in [-0.2, -0.15) is 0 Å². The number of rotatable bonds is 10. The molecule has 0 aromatic heterocycles. The summed E-state index contributed by atoms with van der Waals surface area (Å²) in [6, 6.07) is 11.8. The largest absolute Gasteiger partial charge is 0.493 e. The van der Waals surface area contributed by atoms with Crippen LogP contribution in [0, 0.1) is 0 Å². The van der Waals surface area contributed by atoms with Gasteiger partial charge >= 0.3 is 0 Å². The molecule has 0 aliphatic heterocycles. The van der Waals surface area contributed by atoms with Crippen LogP contribution in [0.2, 0.25) is 10.0 Å². The first-order valence-corrected chi connectivity index (χ1v) is 12.5. The molecule has 34 heavy (non-hydrogen) atoms. The van der Waals surface area contributed by atoms with Crippen LogP contribution >= 0.6 is 23.2 Å². The standard InChI is InChI=1S/C26H32Cl2N2O4/c1-3-22(26(32)29-20-9-5-4-6-10-20)30(16-18-13-14-19(27)15-21(18)28)25(31)17-34-24-12-8-7-11-23(24)33-2/h7-8,11-15,20,22H,3-6,9-10,16-17H2,1-2H3,(H,29,32)/t22-/m0/s1. The lowest BCUT2D eigenvalue weighted by atomic mass is 9.95. The normalized spacial score (nSPS) is 14.8. The van der Waals surface area contributed by atoms with Gasteiger partial charge in [0, 0.05) is 22.6 Å². The molecule has 2 aromatic rings. The van der Waals surface area contributed by atoms with Gasteiger partial charge in [-0.05, 0) is 49.1 Å². The number of hydrogen-bond donors (Lipinski definition) is 1. The molecule has 0 heterocycles. The summed E-state index contributed by atoms with van der Waals surface area (Å²) in [5, 5.41) is 4.11. The topological polar surface area (TPSA) is 67.9 Å². The van der Waals surface area contributed by atoms with E-state index in [4.69, 9.17) is 32.7 Å². The van der Waals surface area contributed by atoms with Crippen molar-refractivity contribution in [1.82, 2.24) is 10.2 Å².